The van der Waals surface area contributed by atoms with Crippen LogP contribution in [0.4, 0.5) is 0 Å². The molecule has 0 bridgehead atoms. The molecule has 0 saturated heterocycles. The first-order valence-electron chi connectivity index (χ1n) is 7.27. The molecule has 0 aliphatic rings. The second-order valence-electron chi connectivity index (χ2n) is 5.30. The third kappa shape index (κ3) is 2.83. The number of rotatable bonds is 3. The van der Waals surface area contributed by atoms with Crippen molar-refractivity contribution in [3.05, 3.63) is 70.5 Å². The van der Waals surface area contributed by atoms with Gasteiger partial charge in [-0.3, -0.25) is 4.79 Å². The van der Waals surface area contributed by atoms with Gasteiger partial charge in [0.1, 0.15) is 11.5 Å². The molecular weight excluding hydrogens is 290 g/mol. The smallest absolute Gasteiger partial charge is 0.251 e. The fraction of sp³-hybridized carbons (Fsp3) is 0.105. The number of hydrogen-bond acceptors (Lipinski definition) is 3. The third-order valence-electron chi connectivity index (χ3n) is 3.88. The van der Waals surface area contributed by atoms with E-state index in [2.05, 4.69) is 4.98 Å². The molecule has 4 nitrogen and oxygen atoms in total. The topological polar surface area (TPSA) is 62.3 Å². The molecule has 0 unspecified atom stereocenters. The zero-order valence-electron chi connectivity index (χ0n) is 13.0. The molecule has 0 atom stereocenters. The minimum absolute atomic E-state index is 0.155. The Morgan fingerprint density at radius 3 is 2.35 bits per heavy atom. The number of pyridine rings is 1. The highest BCUT2D eigenvalue weighted by Gasteiger charge is 2.12. The molecule has 0 radical (unpaired) electrons. The number of ether oxygens (including phenoxy) is 1. The lowest BCUT2D eigenvalue weighted by molar-refractivity contribution is 0.415. The first-order chi connectivity index (χ1) is 11.1. The Hall–Kier alpha value is -3.01. The average molecular weight is 307 g/mol. The van der Waals surface area contributed by atoms with Gasteiger partial charge in [0, 0.05) is 16.8 Å². The van der Waals surface area contributed by atoms with E-state index in [9.17, 15) is 9.90 Å². The Balaban J connectivity index is 2.17. The standard InChI is InChI=1S/C19H17NO3/c1-12-16(15-5-3-4-6-18(15)21)11-17(20-19(12)22)13-7-9-14(23-2)10-8-13/h3-11,21H,1-2H3,(H,20,22). The number of hydrogen-bond donors (Lipinski definition) is 2. The van der Waals surface area contributed by atoms with Crippen molar-refractivity contribution in [2.75, 3.05) is 7.11 Å². The van der Waals surface area contributed by atoms with Gasteiger partial charge in [-0.1, -0.05) is 18.2 Å². The minimum Gasteiger partial charge on any atom is -0.507 e. The quantitative estimate of drug-likeness (QED) is 0.775. The summed E-state index contributed by atoms with van der Waals surface area (Å²) in [5, 5.41) is 10.1. The van der Waals surface area contributed by atoms with Gasteiger partial charge in [0.05, 0.1) is 7.11 Å². The first-order valence-corrected chi connectivity index (χ1v) is 7.27. The molecule has 2 N–H and O–H groups in total. The maximum Gasteiger partial charge on any atom is 0.251 e. The summed E-state index contributed by atoms with van der Waals surface area (Å²) in [6, 6.07) is 16.3. The minimum atomic E-state index is -0.170. The number of aromatic amines is 1. The molecule has 3 rings (SSSR count). The number of methoxy groups -OCH3 is 1. The van der Waals surface area contributed by atoms with E-state index in [1.165, 1.54) is 0 Å². The van der Waals surface area contributed by atoms with Crippen LogP contribution in [0, 0.1) is 6.92 Å². The number of aromatic nitrogens is 1. The van der Waals surface area contributed by atoms with Gasteiger partial charge in [0.2, 0.25) is 0 Å². The van der Waals surface area contributed by atoms with Crippen LogP contribution in [0.5, 0.6) is 11.5 Å². The highest BCUT2D eigenvalue weighted by molar-refractivity contribution is 5.76. The maximum absolute atomic E-state index is 12.3. The molecule has 0 fully saturated rings. The van der Waals surface area contributed by atoms with Crippen molar-refractivity contribution >= 4 is 0 Å². The Morgan fingerprint density at radius 1 is 1.00 bits per heavy atom. The summed E-state index contributed by atoms with van der Waals surface area (Å²) in [7, 11) is 1.61. The van der Waals surface area contributed by atoms with Crippen LogP contribution in [0.2, 0.25) is 0 Å². The molecule has 0 aliphatic carbocycles. The van der Waals surface area contributed by atoms with E-state index in [4.69, 9.17) is 4.74 Å². The summed E-state index contributed by atoms with van der Waals surface area (Å²) >= 11 is 0. The molecule has 3 aromatic rings. The second kappa shape index (κ2) is 6.01. The molecular formula is C19H17NO3. The summed E-state index contributed by atoms with van der Waals surface area (Å²) in [5.41, 5.74) is 3.34. The van der Waals surface area contributed by atoms with Gasteiger partial charge >= 0.3 is 0 Å². The third-order valence-corrected chi connectivity index (χ3v) is 3.88. The van der Waals surface area contributed by atoms with E-state index in [0.29, 0.717) is 16.8 Å². The van der Waals surface area contributed by atoms with Gasteiger partial charge < -0.3 is 14.8 Å². The van der Waals surface area contributed by atoms with Crippen LogP contribution in [0.25, 0.3) is 22.4 Å². The Kier molecular flexibility index (Phi) is 3.89. The molecule has 23 heavy (non-hydrogen) atoms. The summed E-state index contributed by atoms with van der Waals surface area (Å²) in [4.78, 5) is 15.2. The van der Waals surface area contributed by atoms with Gasteiger partial charge in [-0.25, -0.2) is 0 Å². The van der Waals surface area contributed by atoms with Gasteiger partial charge in [-0.15, -0.1) is 0 Å². The van der Waals surface area contributed by atoms with E-state index >= 15 is 0 Å². The monoisotopic (exact) mass is 307 g/mol. The molecule has 2 aromatic carbocycles. The Morgan fingerprint density at radius 2 is 1.70 bits per heavy atom. The number of phenolic OH excluding ortho intramolecular Hbond substituents is 1. The number of aromatic hydroxyl groups is 1. The van der Waals surface area contributed by atoms with E-state index < -0.39 is 0 Å². The summed E-state index contributed by atoms with van der Waals surface area (Å²) < 4.78 is 5.15. The van der Waals surface area contributed by atoms with Crippen LogP contribution in [-0.2, 0) is 0 Å². The van der Waals surface area contributed by atoms with Crippen molar-refractivity contribution < 1.29 is 9.84 Å². The van der Waals surface area contributed by atoms with E-state index in [1.807, 2.05) is 36.4 Å². The lowest BCUT2D eigenvalue weighted by Gasteiger charge is -2.11. The first kappa shape index (κ1) is 14.9. The molecule has 0 amide bonds. The molecule has 1 aromatic heterocycles. The zero-order valence-corrected chi connectivity index (χ0v) is 13.0. The van der Waals surface area contributed by atoms with Crippen LogP contribution in [0.3, 0.4) is 0 Å². The second-order valence-corrected chi connectivity index (χ2v) is 5.30. The molecule has 1 heterocycles. The largest absolute Gasteiger partial charge is 0.507 e. The van der Waals surface area contributed by atoms with Crippen LogP contribution in [0.1, 0.15) is 5.56 Å². The van der Waals surface area contributed by atoms with Gasteiger partial charge in [0.25, 0.3) is 5.56 Å². The summed E-state index contributed by atoms with van der Waals surface area (Å²) in [6.45, 7) is 1.75. The maximum atomic E-state index is 12.3. The zero-order chi connectivity index (χ0) is 16.4. The van der Waals surface area contributed by atoms with Crippen molar-refractivity contribution in [2.24, 2.45) is 0 Å². The summed E-state index contributed by atoms with van der Waals surface area (Å²) in [6.07, 6.45) is 0. The normalized spacial score (nSPS) is 10.5. The van der Waals surface area contributed by atoms with Crippen molar-refractivity contribution in [3.63, 3.8) is 0 Å². The fourth-order valence-corrected chi connectivity index (χ4v) is 2.53. The molecule has 0 saturated carbocycles. The molecule has 0 spiro atoms. The Labute approximate surface area is 134 Å². The number of phenols is 1. The summed E-state index contributed by atoms with van der Waals surface area (Å²) in [5.74, 6) is 0.908. The van der Waals surface area contributed by atoms with E-state index in [-0.39, 0.29) is 11.3 Å². The molecule has 116 valence electrons. The van der Waals surface area contributed by atoms with Gasteiger partial charge in [-0.05, 0) is 54.4 Å². The predicted molar refractivity (Wildman–Crippen MR) is 90.9 cm³/mol. The van der Waals surface area contributed by atoms with Crippen LogP contribution >= 0.6 is 0 Å². The van der Waals surface area contributed by atoms with Crippen molar-refractivity contribution in [1.82, 2.24) is 4.98 Å². The van der Waals surface area contributed by atoms with Gasteiger partial charge in [0.15, 0.2) is 0 Å². The van der Waals surface area contributed by atoms with E-state index in [0.717, 1.165) is 16.9 Å². The average Bonchev–Trinajstić information content (AvgIpc) is 2.58. The van der Waals surface area contributed by atoms with Crippen LogP contribution < -0.4 is 10.3 Å². The highest BCUT2D eigenvalue weighted by atomic mass is 16.5. The van der Waals surface area contributed by atoms with Crippen molar-refractivity contribution in [1.29, 1.82) is 0 Å². The molecule has 4 heteroatoms. The lowest BCUT2D eigenvalue weighted by Crippen LogP contribution is -2.11. The Bertz CT molecular complexity index is 895. The van der Waals surface area contributed by atoms with E-state index in [1.54, 1.807) is 32.2 Å². The lowest BCUT2D eigenvalue weighted by atomic mass is 9.98. The van der Waals surface area contributed by atoms with Crippen LogP contribution in [0.15, 0.2) is 59.4 Å². The SMILES string of the molecule is COc1ccc(-c2cc(-c3ccccc3O)c(C)c(=O)[nH]2)cc1. The molecule has 0 aliphatic heterocycles. The van der Waals surface area contributed by atoms with Crippen molar-refractivity contribution in [3.8, 4) is 33.9 Å². The number of nitrogens with one attached hydrogen (secondary N) is 1. The fourth-order valence-electron chi connectivity index (χ4n) is 2.53. The number of para-hydroxylation sites is 1. The number of benzene rings is 2. The van der Waals surface area contributed by atoms with Crippen molar-refractivity contribution in [2.45, 2.75) is 6.92 Å². The van der Waals surface area contributed by atoms with Gasteiger partial charge in [-0.2, -0.15) is 0 Å². The highest BCUT2D eigenvalue weighted by Crippen LogP contribution is 2.32. The predicted octanol–water partition coefficient (Wildman–Crippen LogP) is 3.73. The number of H-pyrrole nitrogens is 1. The van der Waals surface area contributed by atoms with Crippen LogP contribution in [-0.4, -0.2) is 17.2 Å².